The number of aliphatic hydroxyl groups is 4. The second kappa shape index (κ2) is 9.43. The van der Waals surface area contributed by atoms with E-state index < -0.39 is 30.7 Å². The molecule has 0 spiro atoms. The Bertz CT molecular complexity index is 479. The van der Waals surface area contributed by atoms with Crippen LogP contribution in [0.4, 0.5) is 10.5 Å². The maximum Gasteiger partial charge on any atom is 0.414 e. The fourth-order valence-electron chi connectivity index (χ4n) is 1.83. The lowest BCUT2D eigenvalue weighted by Gasteiger charge is -2.27. The Hall–Kier alpha value is -1.71. The van der Waals surface area contributed by atoms with Gasteiger partial charge in [0.1, 0.15) is 12.2 Å². The topological polar surface area (TPSA) is 128 Å². The molecule has 1 aromatic carbocycles. The van der Waals surface area contributed by atoms with E-state index in [4.69, 9.17) is 14.6 Å². The summed E-state index contributed by atoms with van der Waals surface area (Å²) >= 11 is 0. The van der Waals surface area contributed by atoms with Crippen molar-refractivity contribution >= 4 is 11.8 Å². The molecule has 0 heterocycles. The van der Waals surface area contributed by atoms with Crippen LogP contribution >= 0.6 is 0 Å². The summed E-state index contributed by atoms with van der Waals surface area (Å²) in [5.41, 5.74) is 1.11. The maximum absolute atomic E-state index is 11.8. The first kappa shape index (κ1) is 19.3. The van der Waals surface area contributed by atoms with Gasteiger partial charge in [-0.2, -0.15) is 0 Å². The molecule has 4 unspecified atom stereocenters. The lowest BCUT2D eigenvalue weighted by molar-refractivity contribution is -0.188. The summed E-state index contributed by atoms with van der Waals surface area (Å²) in [6.45, 7) is 1.52. The molecule has 0 aromatic heterocycles. The number of anilines is 1. The number of hydrogen-bond donors (Lipinski definition) is 5. The Morgan fingerprint density at radius 2 is 1.78 bits per heavy atom. The van der Waals surface area contributed by atoms with Gasteiger partial charge in [0, 0.05) is 12.8 Å². The standard InChI is InChI=1S/C15H23NO7/c1-3-11(18)12(19)13(20)14(22-2)23-15(21)16-10-6-4-9(8-17)5-7-10/h4-7,11-14,17-20H,3,8H2,1-2H3,(H,16,21). The van der Waals surface area contributed by atoms with Crippen LogP contribution in [0.3, 0.4) is 0 Å². The molecular weight excluding hydrogens is 306 g/mol. The van der Waals surface area contributed by atoms with E-state index in [2.05, 4.69) is 5.32 Å². The van der Waals surface area contributed by atoms with Gasteiger partial charge in [0.25, 0.3) is 0 Å². The predicted octanol–water partition coefficient (Wildman–Crippen LogP) is 0.193. The summed E-state index contributed by atoms with van der Waals surface area (Å²) in [5.74, 6) is 0. The molecule has 23 heavy (non-hydrogen) atoms. The summed E-state index contributed by atoms with van der Waals surface area (Å²) < 4.78 is 9.73. The number of carbonyl (C=O) groups excluding carboxylic acids is 1. The van der Waals surface area contributed by atoms with Gasteiger partial charge in [-0.25, -0.2) is 4.79 Å². The molecule has 8 nitrogen and oxygen atoms in total. The van der Waals surface area contributed by atoms with E-state index in [1.54, 1.807) is 31.2 Å². The number of nitrogens with one attached hydrogen (secondary N) is 1. The van der Waals surface area contributed by atoms with Gasteiger partial charge >= 0.3 is 6.09 Å². The van der Waals surface area contributed by atoms with Gasteiger partial charge in [-0.05, 0) is 24.1 Å². The summed E-state index contributed by atoms with van der Waals surface area (Å²) in [7, 11) is 1.20. The highest BCUT2D eigenvalue weighted by molar-refractivity contribution is 5.84. The summed E-state index contributed by atoms with van der Waals surface area (Å²) in [6, 6.07) is 6.39. The molecule has 0 saturated carbocycles. The molecule has 0 radical (unpaired) electrons. The van der Waals surface area contributed by atoms with Gasteiger partial charge in [-0.1, -0.05) is 19.1 Å². The van der Waals surface area contributed by atoms with Crippen LogP contribution < -0.4 is 5.32 Å². The molecule has 1 aromatic rings. The third kappa shape index (κ3) is 5.77. The van der Waals surface area contributed by atoms with Crippen LogP contribution in [0.15, 0.2) is 24.3 Å². The molecule has 0 saturated heterocycles. The van der Waals surface area contributed by atoms with Gasteiger partial charge in [0.2, 0.25) is 6.29 Å². The molecule has 8 heteroatoms. The van der Waals surface area contributed by atoms with E-state index in [1.807, 2.05) is 0 Å². The van der Waals surface area contributed by atoms with Gasteiger partial charge in [0.05, 0.1) is 12.7 Å². The lowest BCUT2D eigenvalue weighted by atomic mass is 10.1. The van der Waals surface area contributed by atoms with Crippen molar-refractivity contribution in [1.82, 2.24) is 0 Å². The molecule has 0 aliphatic heterocycles. The summed E-state index contributed by atoms with van der Waals surface area (Å²) in [4.78, 5) is 11.8. The van der Waals surface area contributed by atoms with E-state index in [0.29, 0.717) is 11.3 Å². The highest BCUT2D eigenvalue weighted by Gasteiger charge is 2.33. The number of amides is 1. The molecule has 0 fully saturated rings. The summed E-state index contributed by atoms with van der Waals surface area (Å²) in [5, 5.41) is 40.5. The maximum atomic E-state index is 11.8. The molecule has 1 amide bonds. The minimum atomic E-state index is -1.60. The van der Waals surface area contributed by atoms with Gasteiger partial charge in [-0.3, -0.25) is 5.32 Å². The van der Waals surface area contributed by atoms with E-state index in [0.717, 1.165) is 0 Å². The number of carbonyl (C=O) groups is 1. The van der Waals surface area contributed by atoms with E-state index in [1.165, 1.54) is 7.11 Å². The fraction of sp³-hybridized carbons (Fsp3) is 0.533. The van der Waals surface area contributed by atoms with Gasteiger partial charge < -0.3 is 29.9 Å². The lowest BCUT2D eigenvalue weighted by Crippen LogP contribution is -2.47. The van der Waals surface area contributed by atoms with Crippen molar-refractivity contribution < 1.29 is 34.7 Å². The Labute approximate surface area is 134 Å². The largest absolute Gasteiger partial charge is 0.416 e. The van der Waals surface area contributed by atoms with Crippen molar-refractivity contribution in [2.75, 3.05) is 12.4 Å². The van der Waals surface area contributed by atoms with Crippen LogP contribution in [0.2, 0.25) is 0 Å². The van der Waals surface area contributed by atoms with Crippen molar-refractivity contribution in [2.24, 2.45) is 0 Å². The molecular formula is C15H23NO7. The minimum Gasteiger partial charge on any atom is -0.416 e. The normalized spacial score (nSPS) is 16.3. The van der Waals surface area contributed by atoms with Crippen LogP contribution in [0.1, 0.15) is 18.9 Å². The van der Waals surface area contributed by atoms with Gasteiger partial charge in [-0.15, -0.1) is 0 Å². The molecule has 1 rings (SSSR count). The second-order valence-electron chi connectivity index (χ2n) is 4.95. The van der Waals surface area contributed by atoms with E-state index >= 15 is 0 Å². The monoisotopic (exact) mass is 329 g/mol. The molecule has 0 aliphatic rings. The quantitative estimate of drug-likeness (QED) is 0.431. The molecule has 5 N–H and O–H groups in total. The Kier molecular flexibility index (Phi) is 7.93. The Morgan fingerprint density at radius 1 is 1.17 bits per heavy atom. The number of benzene rings is 1. The highest BCUT2D eigenvalue weighted by atomic mass is 16.7. The van der Waals surface area contributed by atoms with Crippen molar-refractivity contribution in [3.05, 3.63) is 29.8 Å². The third-order valence-electron chi connectivity index (χ3n) is 3.28. The fourth-order valence-corrected chi connectivity index (χ4v) is 1.83. The van der Waals surface area contributed by atoms with Crippen LogP contribution in [0.25, 0.3) is 0 Å². The van der Waals surface area contributed by atoms with Crippen LogP contribution in [0.5, 0.6) is 0 Å². The van der Waals surface area contributed by atoms with Crippen LogP contribution in [-0.4, -0.2) is 58.2 Å². The number of aliphatic hydroxyl groups excluding tert-OH is 4. The minimum absolute atomic E-state index is 0.111. The predicted molar refractivity (Wildman–Crippen MR) is 81.6 cm³/mol. The zero-order chi connectivity index (χ0) is 17.4. The number of rotatable bonds is 8. The zero-order valence-corrected chi connectivity index (χ0v) is 13.0. The van der Waals surface area contributed by atoms with Crippen molar-refractivity contribution in [1.29, 1.82) is 0 Å². The number of hydrogen-bond acceptors (Lipinski definition) is 7. The SMILES string of the molecule is CCC(O)C(O)C(O)C(OC)OC(=O)Nc1ccc(CO)cc1. The average molecular weight is 329 g/mol. The van der Waals surface area contributed by atoms with Crippen LogP contribution in [-0.2, 0) is 16.1 Å². The van der Waals surface area contributed by atoms with Crippen LogP contribution in [0, 0.1) is 0 Å². The smallest absolute Gasteiger partial charge is 0.414 e. The van der Waals surface area contributed by atoms with Crippen molar-refractivity contribution in [3.8, 4) is 0 Å². The second-order valence-corrected chi connectivity index (χ2v) is 4.95. The number of methoxy groups -OCH3 is 1. The van der Waals surface area contributed by atoms with E-state index in [9.17, 15) is 20.1 Å². The van der Waals surface area contributed by atoms with Gasteiger partial charge in [0.15, 0.2) is 0 Å². The van der Waals surface area contributed by atoms with Crippen molar-refractivity contribution in [2.45, 2.75) is 44.6 Å². The average Bonchev–Trinajstić information content (AvgIpc) is 2.58. The molecule has 0 aliphatic carbocycles. The number of ether oxygens (including phenoxy) is 2. The summed E-state index contributed by atoms with van der Waals surface area (Å²) in [6.07, 6.45) is -6.40. The first-order valence-electron chi connectivity index (χ1n) is 7.17. The Balaban J connectivity index is 2.61. The molecule has 0 bridgehead atoms. The molecule has 130 valence electrons. The molecule has 4 atom stereocenters. The first-order valence-corrected chi connectivity index (χ1v) is 7.17. The third-order valence-corrected chi connectivity index (χ3v) is 3.28. The van der Waals surface area contributed by atoms with Crippen molar-refractivity contribution in [3.63, 3.8) is 0 Å². The van der Waals surface area contributed by atoms with E-state index in [-0.39, 0.29) is 13.0 Å². The highest BCUT2D eigenvalue weighted by Crippen LogP contribution is 2.14. The zero-order valence-electron chi connectivity index (χ0n) is 13.0. The Morgan fingerprint density at radius 3 is 2.26 bits per heavy atom. The first-order chi connectivity index (χ1) is 10.9.